The third-order valence-corrected chi connectivity index (χ3v) is 2.28. The van der Waals surface area contributed by atoms with Crippen LogP contribution in [0.1, 0.15) is 34.1 Å². The third-order valence-electron chi connectivity index (χ3n) is 0.894. The summed E-state index contributed by atoms with van der Waals surface area (Å²) in [5.74, 6) is 0. The smallest absolute Gasteiger partial charge is 0.160 e. The van der Waals surface area contributed by atoms with Gasteiger partial charge in [-0.1, -0.05) is 6.92 Å². The maximum atomic E-state index is 11.1. The second-order valence-corrected chi connectivity index (χ2v) is 5.10. The first-order valence-electron chi connectivity index (χ1n) is 3.53. The Balaban J connectivity index is 3.64. The summed E-state index contributed by atoms with van der Waals surface area (Å²) in [6.07, 6.45) is 0.918. The lowest BCUT2D eigenvalue weighted by Gasteiger charge is -2.15. The maximum absolute atomic E-state index is 11.1. The van der Waals surface area contributed by atoms with Gasteiger partial charge in [-0.2, -0.15) is 0 Å². The molecule has 0 amide bonds. The molecule has 0 saturated heterocycles. The highest BCUT2D eigenvalue weighted by molar-refractivity contribution is 7.81. The predicted octanol–water partition coefficient (Wildman–Crippen LogP) is 1.88. The number of rotatable bonds is 3. The first kappa shape index (κ1) is 10.1. The summed E-state index contributed by atoms with van der Waals surface area (Å²) in [5.41, 5.74) is 0. The molecular weight excluding hydrogens is 148 g/mol. The van der Waals surface area contributed by atoms with Crippen molar-refractivity contribution >= 4 is 11.1 Å². The quantitative estimate of drug-likeness (QED) is 0.636. The Bertz CT molecular complexity index is 115. The molecule has 0 aromatic heterocycles. The van der Waals surface area contributed by atoms with Crippen LogP contribution >= 0.6 is 0 Å². The van der Waals surface area contributed by atoms with E-state index >= 15 is 0 Å². The molecule has 0 spiro atoms. The molecule has 0 aromatic carbocycles. The van der Waals surface area contributed by atoms with Crippen molar-refractivity contribution in [3.63, 3.8) is 0 Å². The first-order chi connectivity index (χ1) is 4.48. The first-order valence-corrected chi connectivity index (χ1v) is 4.61. The molecule has 0 aromatic rings. The summed E-state index contributed by atoms with van der Waals surface area (Å²) < 4.78 is 15.9. The summed E-state index contributed by atoms with van der Waals surface area (Å²) in [6.45, 7) is 8.29. The summed E-state index contributed by atoms with van der Waals surface area (Å²) in [7, 11) is 0. The molecule has 0 bridgehead atoms. The van der Waals surface area contributed by atoms with Crippen molar-refractivity contribution in [1.29, 1.82) is 0 Å². The monoisotopic (exact) mass is 164 g/mol. The molecule has 0 unspecified atom stereocenters. The largest absolute Gasteiger partial charge is 0.290 e. The van der Waals surface area contributed by atoms with Crippen molar-refractivity contribution in [1.82, 2.24) is 0 Å². The van der Waals surface area contributed by atoms with Gasteiger partial charge in [-0.15, -0.1) is 0 Å². The molecule has 1 atom stereocenters. The lowest BCUT2D eigenvalue weighted by molar-refractivity contribution is 0.336. The van der Waals surface area contributed by atoms with E-state index in [1.54, 1.807) is 0 Å². The lowest BCUT2D eigenvalue weighted by Crippen LogP contribution is -2.23. The van der Waals surface area contributed by atoms with Gasteiger partial charge in [0.05, 0.1) is 11.4 Å². The summed E-state index contributed by atoms with van der Waals surface area (Å²) in [5, 5.41) is 0. The van der Waals surface area contributed by atoms with E-state index in [0.717, 1.165) is 6.42 Å². The second-order valence-electron chi connectivity index (χ2n) is 3.17. The van der Waals surface area contributed by atoms with E-state index in [4.69, 9.17) is 4.18 Å². The van der Waals surface area contributed by atoms with E-state index in [0.29, 0.717) is 6.61 Å². The minimum Gasteiger partial charge on any atom is -0.290 e. The van der Waals surface area contributed by atoms with E-state index in [2.05, 4.69) is 0 Å². The van der Waals surface area contributed by atoms with Crippen molar-refractivity contribution in [2.24, 2.45) is 0 Å². The highest BCUT2D eigenvalue weighted by Gasteiger charge is 2.19. The van der Waals surface area contributed by atoms with Crippen LogP contribution in [0.4, 0.5) is 0 Å². The van der Waals surface area contributed by atoms with Crippen LogP contribution in [0.2, 0.25) is 0 Å². The summed E-state index contributed by atoms with van der Waals surface area (Å²) in [4.78, 5) is 0. The topological polar surface area (TPSA) is 26.3 Å². The fourth-order valence-corrected chi connectivity index (χ4v) is 1.01. The number of hydrogen-bond acceptors (Lipinski definition) is 2. The Morgan fingerprint density at radius 1 is 1.40 bits per heavy atom. The van der Waals surface area contributed by atoms with Gasteiger partial charge < -0.3 is 0 Å². The average molecular weight is 164 g/mol. The standard InChI is InChI=1S/C7H16O2S/c1-5-6-9-10(8)7(2,3)4/h5-6H2,1-4H3/t10-/m1/s1. The van der Waals surface area contributed by atoms with Gasteiger partial charge in [0, 0.05) is 0 Å². The molecule has 0 saturated carbocycles. The Hall–Kier alpha value is 0.110. The second kappa shape index (κ2) is 4.09. The van der Waals surface area contributed by atoms with E-state index < -0.39 is 11.1 Å². The number of hydrogen-bond donors (Lipinski definition) is 0. The van der Waals surface area contributed by atoms with E-state index in [-0.39, 0.29) is 4.75 Å². The van der Waals surface area contributed by atoms with E-state index in [1.807, 2.05) is 27.7 Å². The lowest BCUT2D eigenvalue weighted by atomic mass is 10.3. The van der Waals surface area contributed by atoms with Crippen molar-refractivity contribution in [2.45, 2.75) is 38.9 Å². The fraction of sp³-hybridized carbons (Fsp3) is 1.00. The van der Waals surface area contributed by atoms with Gasteiger partial charge in [-0.3, -0.25) is 4.18 Å². The van der Waals surface area contributed by atoms with Gasteiger partial charge in [0.2, 0.25) is 0 Å². The molecule has 0 N–H and O–H groups in total. The van der Waals surface area contributed by atoms with Crippen molar-refractivity contribution in [3.05, 3.63) is 0 Å². The van der Waals surface area contributed by atoms with Gasteiger partial charge in [-0.05, 0) is 27.2 Å². The molecule has 10 heavy (non-hydrogen) atoms. The molecule has 0 radical (unpaired) electrons. The van der Waals surface area contributed by atoms with Gasteiger partial charge in [0.15, 0.2) is 11.1 Å². The highest BCUT2D eigenvalue weighted by atomic mass is 32.2. The third kappa shape index (κ3) is 4.01. The zero-order valence-corrected chi connectivity index (χ0v) is 7.96. The van der Waals surface area contributed by atoms with Crippen molar-refractivity contribution in [3.8, 4) is 0 Å². The van der Waals surface area contributed by atoms with E-state index in [1.165, 1.54) is 0 Å². The van der Waals surface area contributed by atoms with Crippen LogP contribution in [0, 0.1) is 0 Å². The molecule has 0 heterocycles. The maximum Gasteiger partial charge on any atom is 0.160 e. The fourth-order valence-electron chi connectivity index (χ4n) is 0.336. The summed E-state index contributed by atoms with van der Waals surface area (Å²) >= 11 is -1.14. The normalized spacial score (nSPS) is 15.2. The van der Waals surface area contributed by atoms with Crippen molar-refractivity contribution in [2.75, 3.05) is 6.61 Å². The summed E-state index contributed by atoms with van der Waals surface area (Å²) in [6, 6.07) is 0. The molecule has 3 heteroatoms. The van der Waals surface area contributed by atoms with E-state index in [9.17, 15) is 4.21 Å². The van der Waals surface area contributed by atoms with Crippen LogP contribution < -0.4 is 0 Å². The Labute approximate surface area is 65.6 Å². The van der Waals surface area contributed by atoms with Gasteiger partial charge >= 0.3 is 0 Å². The minimum absolute atomic E-state index is 0.241. The Kier molecular flexibility index (Phi) is 4.13. The van der Waals surface area contributed by atoms with Crippen LogP contribution in [0.5, 0.6) is 0 Å². The van der Waals surface area contributed by atoms with Crippen LogP contribution in [-0.2, 0) is 15.3 Å². The van der Waals surface area contributed by atoms with Crippen LogP contribution in [0.25, 0.3) is 0 Å². The minimum atomic E-state index is -1.14. The molecular formula is C7H16O2S. The molecule has 62 valence electrons. The molecule has 0 aliphatic carbocycles. The zero-order valence-electron chi connectivity index (χ0n) is 7.14. The molecule has 0 aliphatic rings. The SMILES string of the molecule is CCCO[S@@](=O)C(C)(C)C. The van der Waals surface area contributed by atoms with Crippen LogP contribution in [0.15, 0.2) is 0 Å². The molecule has 0 rings (SSSR count). The molecule has 0 fully saturated rings. The molecule has 0 aliphatic heterocycles. The predicted molar refractivity (Wildman–Crippen MR) is 44.1 cm³/mol. The van der Waals surface area contributed by atoms with Crippen LogP contribution in [0.3, 0.4) is 0 Å². The Morgan fingerprint density at radius 2 is 1.90 bits per heavy atom. The van der Waals surface area contributed by atoms with Gasteiger partial charge in [-0.25, -0.2) is 4.21 Å². The average Bonchev–Trinajstić information content (AvgIpc) is 1.80. The van der Waals surface area contributed by atoms with Gasteiger partial charge in [0.1, 0.15) is 0 Å². The molecule has 2 nitrogen and oxygen atoms in total. The Morgan fingerprint density at radius 3 is 2.20 bits per heavy atom. The highest BCUT2D eigenvalue weighted by Crippen LogP contribution is 2.11. The van der Waals surface area contributed by atoms with Gasteiger partial charge in [0.25, 0.3) is 0 Å². The zero-order chi connectivity index (χ0) is 8.20. The van der Waals surface area contributed by atoms with Crippen LogP contribution in [-0.4, -0.2) is 15.6 Å². The van der Waals surface area contributed by atoms with Crippen molar-refractivity contribution < 1.29 is 8.39 Å².